The molecular formula is C22H20FN3O3. The van der Waals surface area contributed by atoms with E-state index in [1.807, 2.05) is 0 Å². The molecule has 7 heteroatoms. The summed E-state index contributed by atoms with van der Waals surface area (Å²) in [4.78, 5) is 28.5. The monoisotopic (exact) mass is 393 g/mol. The van der Waals surface area contributed by atoms with E-state index in [4.69, 9.17) is 4.74 Å². The first-order valence-electron chi connectivity index (χ1n) is 9.09. The third kappa shape index (κ3) is 5.16. The number of carbonyl (C=O) groups is 2. The highest BCUT2D eigenvalue weighted by Crippen LogP contribution is 2.20. The first-order valence-corrected chi connectivity index (χ1v) is 9.09. The molecule has 0 aliphatic heterocycles. The highest BCUT2D eigenvalue weighted by atomic mass is 19.1. The van der Waals surface area contributed by atoms with Crippen LogP contribution in [0.5, 0.6) is 0 Å². The number of carbonyl (C=O) groups excluding carboxylic acids is 2. The SMILES string of the molecule is CCOC(=O)c1ccccc1Nc1ccc(C(=O)NCc2ccccc2F)cn1. The van der Waals surface area contributed by atoms with Gasteiger partial charge in [0, 0.05) is 18.3 Å². The highest BCUT2D eigenvalue weighted by molar-refractivity contribution is 5.96. The molecule has 0 saturated heterocycles. The molecule has 0 atom stereocenters. The van der Waals surface area contributed by atoms with Crippen LogP contribution in [0.25, 0.3) is 0 Å². The van der Waals surface area contributed by atoms with Gasteiger partial charge in [0.1, 0.15) is 11.6 Å². The van der Waals surface area contributed by atoms with Crippen LogP contribution < -0.4 is 10.6 Å². The van der Waals surface area contributed by atoms with Crippen LogP contribution in [0.4, 0.5) is 15.9 Å². The third-order valence-corrected chi connectivity index (χ3v) is 4.11. The number of amides is 1. The molecule has 0 bridgehead atoms. The van der Waals surface area contributed by atoms with E-state index in [-0.39, 0.29) is 24.9 Å². The molecule has 1 amide bonds. The van der Waals surface area contributed by atoms with Crippen LogP contribution in [0, 0.1) is 5.82 Å². The van der Waals surface area contributed by atoms with Gasteiger partial charge in [-0.2, -0.15) is 0 Å². The van der Waals surface area contributed by atoms with Gasteiger partial charge >= 0.3 is 5.97 Å². The Hall–Kier alpha value is -3.74. The van der Waals surface area contributed by atoms with Crippen molar-refractivity contribution in [3.8, 4) is 0 Å². The number of hydrogen-bond donors (Lipinski definition) is 2. The van der Waals surface area contributed by atoms with E-state index < -0.39 is 5.97 Å². The van der Waals surface area contributed by atoms with E-state index in [0.29, 0.717) is 28.2 Å². The van der Waals surface area contributed by atoms with E-state index in [1.165, 1.54) is 12.3 Å². The van der Waals surface area contributed by atoms with Crippen LogP contribution in [-0.2, 0) is 11.3 Å². The van der Waals surface area contributed by atoms with Crippen LogP contribution in [0.3, 0.4) is 0 Å². The highest BCUT2D eigenvalue weighted by Gasteiger charge is 2.13. The first kappa shape index (κ1) is 20.0. The Bertz CT molecular complexity index is 1010. The quantitative estimate of drug-likeness (QED) is 0.592. The maximum Gasteiger partial charge on any atom is 0.340 e. The Balaban J connectivity index is 1.66. The molecule has 3 rings (SSSR count). The van der Waals surface area contributed by atoms with Gasteiger partial charge in [-0.15, -0.1) is 0 Å². The van der Waals surface area contributed by atoms with Crippen LogP contribution >= 0.6 is 0 Å². The van der Waals surface area contributed by atoms with Crippen molar-refractivity contribution in [1.82, 2.24) is 10.3 Å². The fourth-order valence-corrected chi connectivity index (χ4v) is 2.64. The van der Waals surface area contributed by atoms with Gasteiger partial charge in [-0.05, 0) is 37.3 Å². The second-order valence-electron chi connectivity index (χ2n) is 6.10. The van der Waals surface area contributed by atoms with E-state index in [1.54, 1.807) is 61.5 Å². The Kier molecular flexibility index (Phi) is 6.52. The van der Waals surface area contributed by atoms with Crippen molar-refractivity contribution in [1.29, 1.82) is 0 Å². The van der Waals surface area contributed by atoms with Crippen LogP contribution in [-0.4, -0.2) is 23.5 Å². The van der Waals surface area contributed by atoms with E-state index >= 15 is 0 Å². The third-order valence-electron chi connectivity index (χ3n) is 4.11. The van der Waals surface area contributed by atoms with Gasteiger partial charge in [0.05, 0.1) is 23.4 Å². The average Bonchev–Trinajstić information content (AvgIpc) is 2.74. The van der Waals surface area contributed by atoms with Crippen molar-refractivity contribution in [3.63, 3.8) is 0 Å². The van der Waals surface area contributed by atoms with Crippen molar-refractivity contribution in [3.05, 3.63) is 89.4 Å². The normalized spacial score (nSPS) is 10.3. The number of anilines is 2. The lowest BCUT2D eigenvalue weighted by Gasteiger charge is -2.11. The standard InChI is InChI=1S/C22H20FN3O3/c1-2-29-22(28)17-8-4-6-10-19(17)26-20-12-11-16(14-24-20)21(27)25-13-15-7-3-5-9-18(15)23/h3-12,14H,2,13H2,1H3,(H,24,26)(H,25,27). The lowest BCUT2D eigenvalue weighted by Crippen LogP contribution is -2.23. The minimum atomic E-state index is -0.431. The largest absolute Gasteiger partial charge is 0.462 e. The molecule has 0 aliphatic rings. The zero-order chi connectivity index (χ0) is 20.6. The van der Waals surface area contributed by atoms with Gasteiger partial charge in [-0.3, -0.25) is 4.79 Å². The summed E-state index contributed by atoms with van der Waals surface area (Å²) in [7, 11) is 0. The lowest BCUT2D eigenvalue weighted by atomic mass is 10.1. The molecule has 6 nitrogen and oxygen atoms in total. The number of nitrogens with zero attached hydrogens (tertiary/aromatic N) is 1. The van der Waals surface area contributed by atoms with E-state index in [9.17, 15) is 14.0 Å². The molecule has 0 radical (unpaired) electrons. The minimum Gasteiger partial charge on any atom is -0.462 e. The summed E-state index contributed by atoms with van der Waals surface area (Å²) in [6.45, 7) is 2.10. The van der Waals surface area contributed by atoms with Crippen molar-refractivity contribution in [2.45, 2.75) is 13.5 Å². The molecule has 0 saturated carbocycles. The zero-order valence-electron chi connectivity index (χ0n) is 15.8. The first-order chi connectivity index (χ1) is 14.1. The molecule has 2 aromatic carbocycles. The zero-order valence-corrected chi connectivity index (χ0v) is 15.8. The number of halogens is 1. The maximum absolute atomic E-state index is 13.6. The predicted molar refractivity (Wildman–Crippen MR) is 107 cm³/mol. The molecule has 29 heavy (non-hydrogen) atoms. The fourth-order valence-electron chi connectivity index (χ4n) is 2.64. The summed E-state index contributed by atoms with van der Waals surface area (Å²) in [6.07, 6.45) is 1.41. The number of hydrogen-bond acceptors (Lipinski definition) is 5. The summed E-state index contributed by atoms with van der Waals surface area (Å²) < 4.78 is 18.7. The molecule has 2 N–H and O–H groups in total. The number of nitrogens with one attached hydrogen (secondary N) is 2. The van der Waals surface area contributed by atoms with Crippen molar-refractivity contribution >= 4 is 23.4 Å². The van der Waals surface area contributed by atoms with Gasteiger partial charge < -0.3 is 15.4 Å². The van der Waals surface area contributed by atoms with Crippen LogP contribution in [0.1, 0.15) is 33.2 Å². The van der Waals surface area contributed by atoms with Crippen LogP contribution in [0.2, 0.25) is 0 Å². The number of esters is 1. The Morgan fingerprint density at radius 1 is 1.03 bits per heavy atom. The maximum atomic E-state index is 13.6. The molecule has 0 spiro atoms. The van der Waals surface area contributed by atoms with Gasteiger partial charge in [-0.1, -0.05) is 30.3 Å². The van der Waals surface area contributed by atoms with Crippen molar-refractivity contribution < 1.29 is 18.7 Å². The van der Waals surface area contributed by atoms with E-state index in [0.717, 1.165) is 0 Å². The number of benzene rings is 2. The molecule has 1 heterocycles. The minimum absolute atomic E-state index is 0.0818. The molecule has 0 unspecified atom stereocenters. The Morgan fingerprint density at radius 2 is 1.79 bits per heavy atom. The molecule has 1 aromatic heterocycles. The number of pyridine rings is 1. The molecule has 148 valence electrons. The van der Waals surface area contributed by atoms with E-state index in [2.05, 4.69) is 15.6 Å². The fraction of sp³-hybridized carbons (Fsp3) is 0.136. The number of ether oxygens (including phenoxy) is 1. The summed E-state index contributed by atoms with van der Waals surface area (Å²) in [5, 5.41) is 5.71. The van der Waals surface area contributed by atoms with Gasteiger partial charge in [0.25, 0.3) is 5.91 Å². The molecule has 3 aromatic rings. The molecule has 0 aliphatic carbocycles. The summed E-state index contributed by atoms with van der Waals surface area (Å²) >= 11 is 0. The second kappa shape index (κ2) is 9.45. The van der Waals surface area contributed by atoms with Crippen molar-refractivity contribution in [2.75, 3.05) is 11.9 Å². The van der Waals surface area contributed by atoms with Crippen molar-refractivity contribution in [2.24, 2.45) is 0 Å². The van der Waals surface area contributed by atoms with Gasteiger partial charge in [0.15, 0.2) is 0 Å². The van der Waals surface area contributed by atoms with Crippen LogP contribution in [0.15, 0.2) is 66.9 Å². The number of para-hydroxylation sites is 1. The Morgan fingerprint density at radius 3 is 2.52 bits per heavy atom. The topological polar surface area (TPSA) is 80.3 Å². The summed E-state index contributed by atoms with van der Waals surface area (Å²) in [6, 6.07) is 16.4. The molecular weight excluding hydrogens is 373 g/mol. The second-order valence-corrected chi connectivity index (χ2v) is 6.10. The number of aromatic nitrogens is 1. The Labute approximate surface area is 167 Å². The lowest BCUT2D eigenvalue weighted by molar-refractivity contribution is 0.0527. The smallest absolute Gasteiger partial charge is 0.340 e. The van der Waals surface area contributed by atoms with Gasteiger partial charge in [-0.25, -0.2) is 14.2 Å². The average molecular weight is 393 g/mol. The predicted octanol–water partition coefficient (Wildman–Crippen LogP) is 4.07. The van der Waals surface area contributed by atoms with Gasteiger partial charge in [0.2, 0.25) is 0 Å². The number of rotatable bonds is 7. The summed E-state index contributed by atoms with van der Waals surface area (Å²) in [5.74, 6) is -0.697. The molecule has 0 fully saturated rings. The summed E-state index contributed by atoms with van der Waals surface area (Å²) in [5.41, 5.74) is 1.69.